The Morgan fingerprint density at radius 3 is 1.32 bits per heavy atom. The number of halogens is 1. The van der Waals surface area contributed by atoms with Gasteiger partial charge in [-0.1, -0.05) is 65.8 Å². The van der Waals surface area contributed by atoms with Gasteiger partial charge >= 0.3 is 0 Å². The lowest BCUT2D eigenvalue weighted by atomic mass is 9.87. The van der Waals surface area contributed by atoms with E-state index in [1.807, 2.05) is 42.5 Å². The van der Waals surface area contributed by atoms with Crippen molar-refractivity contribution in [3.63, 3.8) is 0 Å². The monoisotopic (exact) mass is 556 g/mol. The van der Waals surface area contributed by atoms with Crippen LogP contribution in [0.5, 0.6) is 0 Å². The zero-order valence-electron chi connectivity index (χ0n) is 21.8. The third-order valence-electron chi connectivity index (χ3n) is 6.29. The van der Waals surface area contributed by atoms with Gasteiger partial charge in [0.05, 0.1) is 5.56 Å². The van der Waals surface area contributed by atoms with Crippen LogP contribution in [0.4, 0.5) is 0 Å². The van der Waals surface area contributed by atoms with Gasteiger partial charge in [0.15, 0.2) is 0 Å². The molecule has 3 aromatic carbocycles. The summed E-state index contributed by atoms with van der Waals surface area (Å²) in [6, 6.07) is 22.2. The van der Waals surface area contributed by atoms with Crippen molar-refractivity contribution >= 4 is 15.9 Å². The Balaban J connectivity index is 1.36. The lowest BCUT2D eigenvalue weighted by Crippen LogP contribution is -2.10. The van der Waals surface area contributed by atoms with Crippen LogP contribution in [-0.4, -0.2) is 20.4 Å². The van der Waals surface area contributed by atoms with Crippen LogP contribution >= 0.6 is 15.9 Å². The first-order valence-electron chi connectivity index (χ1n) is 12.2. The van der Waals surface area contributed by atoms with Gasteiger partial charge in [0.1, 0.15) is 0 Å². The van der Waals surface area contributed by atoms with Crippen molar-refractivity contribution in [3.8, 4) is 45.8 Å². The molecule has 0 atom stereocenters. The SMILES string of the molecule is CC(C)(C)c1ccc(-c2nnc(-c3ccc(-c4nnc(-c5ccc(C(C)(C)C)cc5)o4)c(Br)c3)o2)cc1. The third-order valence-corrected chi connectivity index (χ3v) is 6.95. The van der Waals surface area contributed by atoms with E-state index in [1.54, 1.807) is 0 Å². The highest BCUT2D eigenvalue weighted by Gasteiger charge is 2.19. The Kier molecular flexibility index (Phi) is 6.36. The Hall–Kier alpha value is -3.58. The molecule has 5 rings (SSSR count). The zero-order valence-corrected chi connectivity index (χ0v) is 23.4. The minimum Gasteiger partial charge on any atom is -0.416 e. The van der Waals surface area contributed by atoms with E-state index in [1.165, 1.54) is 11.1 Å². The molecular formula is C30H29BrN4O2. The summed E-state index contributed by atoms with van der Waals surface area (Å²) >= 11 is 3.64. The Bertz CT molecular complexity index is 1540. The number of hydrogen-bond donors (Lipinski definition) is 0. The zero-order chi connectivity index (χ0) is 26.4. The van der Waals surface area contributed by atoms with Gasteiger partial charge in [0, 0.05) is 21.2 Å². The van der Waals surface area contributed by atoms with Crippen LogP contribution in [0.25, 0.3) is 45.8 Å². The maximum Gasteiger partial charge on any atom is 0.249 e. The van der Waals surface area contributed by atoms with Crippen molar-refractivity contribution in [1.82, 2.24) is 20.4 Å². The molecule has 0 spiro atoms. The molecule has 37 heavy (non-hydrogen) atoms. The van der Waals surface area contributed by atoms with Crippen molar-refractivity contribution < 1.29 is 8.83 Å². The van der Waals surface area contributed by atoms with Crippen LogP contribution in [0.3, 0.4) is 0 Å². The minimum atomic E-state index is 0.0845. The van der Waals surface area contributed by atoms with Crippen molar-refractivity contribution in [3.05, 3.63) is 82.3 Å². The standard InChI is InChI=1S/C30H29BrN4O2/c1-29(2,3)21-12-7-18(8-13-21)25-32-34-27(36-25)20-11-16-23(24(31)17-20)28-35-33-26(37-28)19-9-14-22(15-10-19)30(4,5)6/h7-17H,1-6H3. The van der Waals surface area contributed by atoms with Crippen LogP contribution in [0.15, 0.2) is 80.0 Å². The molecule has 7 heteroatoms. The van der Waals surface area contributed by atoms with Gasteiger partial charge in [0.25, 0.3) is 0 Å². The van der Waals surface area contributed by atoms with Crippen molar-refractivity contribution in [1.29, 1.82) is 0 Å². The van der Waals surface area contributed by atoms with Crippen molar-refractivity contribution in [2.75, 3.05) is 0 Å². The fourth-order valence-corrected chi connectivity index (χ4v) is 4.50. The number of aromatic nitrogens is 4. The van der Waals surface area contributed by atoms with Gasteiger partial charge in [-0.15, -0.1) is 20.4 Å². The van der Waals surface area contributed by atoms with E-state index in [9.17, 15) is 0 Å². The first-order chi connectivity index (χ1) is 17.5. The summed E-state index contributed by atoms with van der Waals surface area (Å²) < 4.78 is 12.8. The highest BCUT2D eigenvalue weighted by atomic mass is 79.9. The molecule has 6 nitrogen and oxygen atoms in total. The number of nitrogens with zero attached hydrogens (tertiary/aromatic N) is 4. The maximum absolute atomic E-state index is 6.00. The molecule has 5 aromatic rings. The fraction of sp³-hybridized carbons (Fsp3) is 0.267. The van der Waals surface area contributed by atoms with E-state index in [2.05, 4.69) is 102 Å². The predicted octanol–water partition coefficient (Wildman–Crippen LogP) is 8.48. The summed E-state index contributed by atoms with van der Waals surface area (Å²) in [5.74, 6) is 1.82. The Morgan fingerprint density at radius 1 is 0.514 bits per heavy atom. The maximum atomic E-state index is 6.00. The van der Waals surface area contributed by atoms with E-state index in [4.69, 9.17) is 8.83 Å². The molecule has 0 bridgehead atoms. The molecule has 0 N–H and O–H groups in total. The average molecular weight is 557 g/mol. The third kappa shape index (κ3) is 5.27. The highest BCUT2D eigenvalue weighted by molar-refractivity contribution is 9.10. The van der Waals surface area contributed by atoms with Crippen LogP contribution in [0.2, 0.25) is 0 Å². The smallest absolute Gasteiger partial charge is 0.249 e. The second kappa shape index (κ2) is 9.38. The second-order valence-corrected chi connectivity index (χ2v) is 12.0. The van der Waals surface area contributed by atoms with Crippen LogP contribution in [0.1, 0.15) is 52.7 Å². The topological polar surface area (TPSA) is 77.8 Å². The van der Waals surface area contributed by atoms with E-state index >= 15 is 0 Å². The second-order valence-electron chi connectivity index (χ2n) is 11.2. The number of rotatable bonds is 4. The molecule has 2 heterocycles. The molecule has 2 aromatic heterocycles. The molecule has 0 saturated heterocycles. The molecular weight excluding hydrogens is 528 g/mol. The molecule has 0 saturated carbocycles. The number of benzene rings is 3. The van der Waals surface area contributed by atoms with Crippen molar-refractivity contribution in [2.45, 2.75) is 52.4 Å². The summed E-state index contributed by atoms with van der Waals surface area (Å²) in [6.45, 7) is 13.1. The lowest BCUT2D eigenvalue weighted by Gasteiger charge is -2.18. The molecule has 0 amide bonds. The first kappa shape index (κ1) is 25.1. The quantitative estimate of drug-likeness (QED) is 0.221. The highest BCUT2D eigenvalue weighted by Crippen LogP contribution is 2.34. The summed E-state index contributed by atoms with van der Waals surface area (Å²) in [5.41, 5.74) is 6.01. The average Bonchev–Trinajstić information content (AvgIpc) is 3.54. The van der Waals surface area contributed by atoms with Gasteiger partial charge < -0.3 is 8.83 Å². The van der Waals surface area contributed by atoms with Crippen LogP contribution < -0.4 is 0 Å². The van der Waals surface area contributed by atoms with Gasteiger partial charge in [0.2, 0.25) is 23.6 Å². The first-order valence-corrected chi connectivity index (χ1v) is 13.0. The molecule has 0 aliphatic carbocycles. The predicted molar refractivity (Wildman–Crippen MR) is 149 cm³/mol. The summed E-state index contributed by atoms with van der Waals surface area (Å²) in [4.78, 5) is 0. The van der Waals surface area contributed by atoms with Gasteiger partial charge in [-0.3, -0.25) is 0 Å². The summed E-state index contributed by atoms with van der Waals surface area (Å²) in [7, 11) is 0. The molecule has 0 unspecified atom stereocenters. The minimum absolute atomic E-state index is 0.0845. The molecule has 0 aliphatic heterocycles. The summed E-state index contributed by atoms with van der Waals surface area (Å²) in [6.07, 6.45) is 0. The van der Waals surface area contributed by atoms with Crippen molar-refractivity contribution in [2.24, 2.45) is 0 Å². The van der Waals surface area contributed by atoms with Gasteiger partial charge in [-0.05, 0) is 80.4 Å². The molecule has 0 fully saturated rings. The van der Waals surface area contributed by atoms with Gasteiger partial charge in [-0.2, -0.15) is 0 Å². The van der Waals surface area contributed by atoms with Crippen LogP contribution in [0, 0.1) is 0 Å². The normalized spacial score (nSPS) is 12.2. The Labute approximate surface area is 225 Å². The lowest BCUT2D eigenvalue weighted by molar-refractivity contribution is 0.580. The van der Waals surface area contributed by atoms with E-state index < -0.39 is 0 Å². The van der Waals surface area contributed by atoms with E-state index in [-0.39, 0.29) is 10.8 Å². The summed E-state index contributed by atoms with van der Waals surface area (Å²) in [5, 5.41) is 17.0. The molecule has 0 aliphatic rings. The van der Waals surface area contributed by atoms with Crippen LogP contribution in [-0.2, 0) is 10.8 Å². The molecule has 0 radical (unpaired) electrons. The number of hydrogen-bond acceptors (Lipinski definition) is 6. The molecule has 188 valence electrons. The largest absolute Gasteiger partial charge is 0.416 e. The Morgan fingerprint density at radius 2 is 0.892 bits per heavy atom. The fourth-order valence-electron chi connectivity index (χ4n) is 3.95. The van der Waals surface area contributed by atoms with E-state index in [0.29, 0.717) is 23.6 Å². The van der Waals surface area contributed by atoms with E-state index in [0.717, 1.165) is 26.7 Å². The van der Waals surface area contributed by atoms with Gasteiger partial charge in [-0.25, -0.2) is 0 Å².